The molecule has 3 N–H and O–H groups in total. The lowest BCUT2D eigenvalue weighted by Crippen LogP contribution is -2.37. The molecule has 2 fully saturated rings. The predicted octanol–water partition coefficient (Wildman–Crippen LogP) is 2.52. The highest BCUT2D eigenvalue weighted by molar-refractivity contribution is 5.87. The Bertz CT molecular complexity index is 736. The first-order valence-corrected chi connectivity index (χ1v) is 8.22. The molecule has 6 heteroatoms. The molecule has 122 valence electrons. The highest BCUT2D eigenvalue weighted by atomic mass is 16.5. The number of carbonyl (C=O) groups excluding carboxylic acids is 1. The maximum Gasteiger partial charge on any atom is 0.222 e. The lowest BCUT2D eigenvalue weighted by Gasteiger charge is -2.37. The number of ether oxygens (including phenoxy) is 1. The van der Waals surface area contributed by atoms with E-state index in [2.05, 4.69) is 10.5 Å². The topological polar surface area (TPSA) is 90.4 Å². The second-order valence-corrected chi connectivity index (χ2v) is 6.69. The van der Waals surface area contributed by atoms with Crippen molar-refractivity contribution >= 4 is 22.7 Å². The second kappa shape index (κ2) is 5.53. The third kappa shape index (κ3) is 2.79. The van der Waals surface area contributed by atoms with Gasteiger partial charge in [-0.05, 0) is 49.8 Å². The highest BCUT2D eigenvalue weighted by Crippen LogP contribution is 2.46. The van der Waals surface area contributed by atoms with Crippen LogP contribution in [0.25, 0.3) is 11.0 Å². The fraction of sp³-hybridized carbons (Fsp3) is 0.529. The number of amides is 1. The summed E-state index contributed by atoms with van der Waals surface area (Å²) >= 11 is 0. The van der Waals surface area contributed by atoms with Crippen molar-refractivity contribution in [1.29, 1.82) is 0 Å². The summed E-state index contributed by atoms with van der Waals surface area (Å²) in [4.78, 5) is 12.1. The van der Waals surface area contributed by atoms with Crippen molar-refractivity contribution < 1.29 is 14.1 Å². The lowest BCUT2D eigenvalue weighted by atomic mass is 9.78. The molecule has 0 radical (unpaired) electrons. The average molecular weight is 315 g/mol. The molecule has 2 aliphatic rings. The van der Waals surface area contributed by atoms with Crippen LogP contribution >= 0.6 is 0 Å². The van der Waals surface area contributed by atoms with Crippen molar-refractivity contribution in [2.24, 2.45) is 0 Å². The minimum atomic E-state index is 0.0311. The minimum absolute atomic E-state index is 0.0311. The molecule has 0 bridgehead atoms. The molecule has 1 saturated carbocycles. The van der Waals surface area contributed by atoms with Gasteiger partial charge >= 0.3 is 0 Å². The number of aromatic nitrogens is 1. The number of rotatable bonds is 4. The fourth-order valence-electron chi connectivity index (χ4n) is 3.57. The van der Waals surface area contributed by atoms with Crippen LogP contribution in [-0.2, 0) is 16.1 Å². The van der Waals surface area contributed by atoms with E-state index in [0.29, 0.717) is 24.4 Å². The number of benzene rings is 1. The van der Waals surface area contributed by atoms with Gasteiger partial charge < -0.3 is 20.3 Å². The molecule has 2 aromatic rings. The Morgan fingerprint density at radius 1 is 1.39 bits per heavy atom. The molecule has 2 heterocycles. The van der Waals surface area contributed by atoms with Crippen LogP contribution in [0.1, 0.15) is 44.1 Å². The van der Waals surface area contributed by atoms with E-state index < -0.39 is 0 Å². The molecule has 1 aromatic heterocycles. The first-order valence-electron chi connectivity index (χ1n) is 8.22. The van der Waals surface area contributed by atoms with E-state index in [4.69, 9.17) is 15.0 Å². The van der Waals surface area contributed by atoms with Crippen LogP contribution in [0.2, 0.25) is 0 Å². The smallest absolute Gasteiger partial charge is 0.222 e. The number of carbonyl (C=O) groups is 1. The Labute approximate surface area is 134 Å². The summed E-state index contributed by atoms with van der Waals surface area (Å²) < 4.78 is 11.2. The number of anilines is 1. The molecule has 1 aliphatic heterocycles. The van der Waals surface area contributed by atoms with Crippen molar-refractivity contribution in [1.82, 2.24) is 10.5 Å². The van der Waals surface area contributed by atoms with Gasteiger partial charge in [-0.15, -0.1) is 0 Å². The summed E-state index contributed by atoms with van der Waals surface area (Å²) in [7, 11) is 0. The van der Waals surface area contributed by atoms with Crippen LogP contribution in [0, 0.1) is 0 Å². The monoisotopic (exact) mass is 315 g/mol. The van der Waals surface area contributed by atoms with Crippen molar-refractivity contribution in [3.05, 3.63) is 23.8 Å². The molecular formula is C17H21N3O3. The van der Waals surface area contributed by atoms with Gasteiger partial charge in [0.05, 0.1) is 23.5 Å². The number of nitrogen functional groups attached to an aromatic ring is 1. The zero-order chi connectivity index (χ0) is 15.9. The molecule has 1 unspecified atom stereocenters. The Morgan fingerprint density at radius 3 is 3.00 bits per heavy atom. The van der Waals surface area contributed by atoms with E-state index in [9.17, 15) is 4.79 Å². The van der Waals surface area contributed by atoms with Gasteiger partial charge in [-0.3, -0.25) is 4.79 Å². The average Bonchev–Trinajstić information content (AvgIpc) is 3.09. The van der Waals surface area contributed by atoms with Crippen LogP contribution in [0.5, 0.6) is 0 Å². The van der Waals surface area contributed by atoms with Gasteiger partial charge in [0, 0.05) is 6.54 Å². The van der Waals surface area contributed by atoms with Gasteiger partial charge in [0.2, 0.25) is 5.91 Å². The summed E-state index contributed by atoms with van der Waals surface area (Å²) in [6, 6.07) is 5.64. The van der Waals surface area contributed by atoms with Crippen molar-refractivity contribution in [3.8, 4) is 0 Å². The zero-order valence-corrected chi connectivity index (χ0v) is 13.0. The van der Waals surface area contributed by atoms with Gasteiger partial charge in [0.15, 0.2) is 11.4 Å². The number of hydrogen-bond acceptors (Lipinski definition) is 5. The fourth-order valence-corrected chi connectivity index (χ4v) is 3.57. The summed E-state index contributed by atoms with van der Waals surface area (Å²) in [5, 5.41) is 7.47. The van der Waals surface area contributed by atoms with Crippen molar-refractivity contribution in [2.45, 2.75) is 56.8 Å². The largest absolute Gasteiger partial charge is 0.380 e. The number of nitrogens with one attached hydrogen (secondary N) is 1. The molecular weight excluding hydrogens is 294 g/mol. The predicted molar refractivity (Wildman–Crippen MR) is 85.6 cm³/mol. The van der Waals surface area contributed by atoms with E-state index >= 15 is 0 Å². The first kappa shape index (κ1) is 14.5. The minimum Gasteiger partial charge on any atom is -0.380 e. The molecule has 1 saturated heterocycles. The number of nitrogens with zero attached hydrogens (tertiary/aromatic N) is 1. The molecule has 23 heavy (non-hydrogen) atoms. The van der Waals surface area contributed by atoms with Gasteiger partial charge in [-0.1, -0.05) is 11.2 Å². The Hall–Kier alpha value is -2.08. The van der Waals surface area contributed by atoms with Crippen molar-refractivity contribution in [2.75, 3.05) is 5.73 Å². The van der Waals surface area contributed by atoms with E-state index in [1.54, 1.807) is 0 Å². The van der Waals surface area contributed by atoms with Crippen LogP contribution in [0.3, 0.4) is 0 Å². The third-order valence-corrected chi connectivity index (χ3v) is 5.07. The van der Waals surface area contributed by atoms with Gasteiger partial charge in [0.1, 0.15) is 0 Å². The molecule has 4 rings (SSSR count). The highest BCUT2D eigenvalue weighted by Gasteiger charge is 2.44. The van der Waals surface area contributed by atoms with Gasteiger partial charge in [0.25, 0.3) is 0 Å². The first-order chi connectivity index (χ1) is 11.1. The van der Waals surface area contributed by atoms with E-state index in [0.717, 1.165) is 36.6 Å². The second-order valence-electron chi connectivity index (χ2n) is 6.69. The molecule has 1 aromatic carbocycles. The van der Waals surface area contributed by atoms with Crippen molar-refractivity contribution in [3.63, 3.8) is 0 Å². The Balaban J connectivity index is 1.30. The van der Waals surface area contributed by atoms with Gasteiger partial charge in [-0.25, -0.2) is 0 Å². The maximum atomic E-state index is 12.1. The third-order valence-electron chi connectivity index (χ3n) is 5.07. The lowest BCUT2D eigenvalue weighted by molar-refractivity contribution is -0.129. The summed E-state index contributed by atoms with van der Waals surface area (Å²) in [5.41, 5.74) is 7.40. The van der Waals surface area contributed by atoms with E-state index in [-0.39, 0.29) is 17.6 Å². The number of nitrogens with two attached hydrogens (primary N) is 1. The Morgan fingerprint density at radius 2 is 2.26 bits per heavy atom. The van der Waals surface area contributed by atoms with E-state index in [1.165, 1.54) is 6.42 Å². The van der Waals surface area contributed by atoms with Crippen LogP contribution < -0.4 is 11.1 Å². The summed E-state index contributed by atoms with van der Waals surface area (Å²) in [6.07, 6.45) is 6.20. The molecule has 1 aliphatic carbocycles. The van der Waals surface area contributed by atoms with Crippen LogP contribution in [0.4, 0.5) is 5.82 Å². The number of hydrogen-bond donors (Lipinski definition) is 2. The maximum absolute atomic E-state index is 12.1. The summed E-state index contributed by atoms with van der Waals surface area (Å²) in [6.45, 7) is 0.466. The summed E-state index contributed by atoms with van der Waals surface area (Å²) in [5.74, 6) is 0.419. The van der Waals surface area contributed by atoms with Crippen LogP contribution in [0.15, 0.2) is 22.7 Å². The molecule has 1 atom stereocenters. The quantitative estimate of drug-likeness (QED) is 0.904. The number of fused-ring (bicyclic) bond motifs is 1. The zero-order valence-electron chi connectivity index (χ0n) is 13.0. The SMILES string of the molecule is Nc1noc2cc(CNC(=O)CC3CCC4(CCC4)O3)ccc12. The molecule has 1 spiro atoms. The molecule has 6 nitrogen and oxygen atoms in total. The van der Waals surface area contributed by atoms with Gasteiger partial charge in [-0.2, -0.15) is 0 Å². The van der Waals surface area contributed by atoms with Crippen LogP contribution in [-0.4, -0.2) is 22.8 Å². The van der Waals surface area contributed by atoms with E-state index in [1.807, 2.05) is 18.2 Å². The standard InChI is InChI=1S/C17H21N3O3/c18-16-13-3-2-11(8-14(13)23-20-16)10-19-15(21)9-12-4-7-17(22-12)5-1-6-17/h2-3,8,12H,1,4-7,9-10H2,(H2,18,20)(H,19,21). The Kier molecular flexibility index (Phi) is 3.49. The molecule has 1 amide bonds. The normalized spacial score (nSPS) is 22.3.